The van der Waals surface area contributed by atoms with Crippen molar-refractivity contribution in [1.29, 1.82) is 5.26 Å². The van der Waals surface area contributed by atoms with E-state index in [4.69, 9.17) is 0 Å². The van der Waals surface area contributed by atoms with Crippen LogP contribution in [0.15, 0.2) is 121 Å². The number of nitriles is 1. The van der Waals surface area contributed by atoms with Gasteiger partial charge in [0.1, 0.15) is 6.07 Å². The first-order chi connectivity index (χ1) is 20.3. The molecule has 2 heteroatoms. The van der Waals surface area contributed by atoms with Crippen LogP contribution in [0.5, 0.6) is 0 Å². The van der Waals surface area contributed by atoms with Gasteiger partial charge in [-0.2, -0.15) is 5.26 Å². The highest BCUT2D eigenvalue weighted by molar-refractivity contribution is 6.05. The van der Waals surface area contributed by atoms with E-state index in [1.807, 2.05) is 18.2 Å². The Morgan fingerprint density at radius 2 is 1.29 bits per heavy atom. The van der Waals surface area contributed by atoms with Crippen LogP contribution in [0.2, 0.25) is 0 Å². The second-order valence-corrected chi connectivity index (χ2v) is 10.8. The summed E-state index contributed by atoms with van der Waals surface area (Å²) in [4.78, 5) is 2.40. The number of nitrogens with zero attached hydrogens (tertiary/aromatic N) is 2. The summed E-state index contributed by atoms with van der Waals surface area (Å²) >= 11 is 0. The SMILES string of the molecule is N#Cc1c2ccccc2cc2cc(C=Cc3ccc(N(c4ccccc4)c4cccc5c4CCCC5)cc3)ccc12. The second kappa shape index (κ2) is 10.8. The predicted octanol–water partition coefficient (Wildman–Crippen LogP) is 10.4. The lowest BCUT2D eigenvalue weighted by atomic mass is 9.90. The summed E-state index contributed by atoms with van der Waals surface area (Å²) in [7, 11) is 0. The summed E-state index contributed by atoms with van der Waals surface area (Å²) in [6.07, 6.45) is 9.13. The molecule has 2 nitrogen and oxygen atoms in total. The van der Waals surface area contributed by atoms with Crippen molar-refractivity contribution in [3.63, 3.8) is 0 Å². The number of para-hydroxylation sites is 1. The van der Waals surface area contributed by atoms with Crippen molar-refractivity contribution in [2.24, 2.45) is 0 Å². The highest BCUT2D eigenvalue weighted by atomic mass is 15.1. The minimum Gasteiger partial charge on any atom is -0.310 e. The molecule has 0 heterocycles. The van der Waals surface area contributed by atoms with Crippen molar-refractivity contribution in [3.05, 3.63) is 149 Å². The molecule has 41 heavy (non-hydrogen) atoms. The number of fused-ring (bicyclic) bond motifs is 3. The molecule has 0 amide bonds. The molecule has 0 atom stereocenters. The second-order valence-electron chi connectivity index (χ2n) is 10.8. The largest absolute Gasteiger partial charge is 0.310 e. The standard InChI is InChI=1S/C39H30N2/c40-27-38-35-14-6-5-10-31(35)26-32-25-29(21-24-36(32)38)18-17-28-19-22-34(23-20-28)41(33-12-2-1-3-13-33)39-16-8-11-30-9-4-7-15-37(30)39/h1-3,5-6,8,10-14,16-26H,4,7,9,15H2. The van der Waals surface area contributed by atoms with Gasteiger partial charge in [0, 0.05) is 27.8 Å². The van der Waals surface area contributed by atoms with Crippen LogP contribution in [0.3, 0.4) is 0 Å². The molecule has 0 aliphatic heterocycles. The van der Waals surface area contributed by atoms with Crippen molar-refractivity contribution in [2.45, 2.75) is 25.7 Å². The Bertz CT molecular complexity index is 1940. The van der Waals surface area contributed by atoms with Gasteiger partial charge in [0.15, 0.2) is 0 Å². The van der Waals surface area contributed by atoms with E-state index in [0.29, 0.717) is 0 Å². The molecule has 0 unspecified atom stereocenters. The molecule has 0 bridgehead atoms. The number of rotatable bonds is 5. The Hall–Kier alpha value is -5.13. The van der Waals surface area contributed by atoms with Crippen molar-refractivity contribution < 1.29 is 0 Å². The maximum Gasteiger partial charge on any atom is 0.100 e. The fourth-order valence-electron chi connectivity index (χ4n) is 6.22. The maximum atomic E-state index is 9.85. The molecule has 6 aromatic rings. The van der Waals surface area contributed by atoms with E-state index in [1.165, 1.54) is 41.8 Å². The van der Waals surface area contributed by atoms with Crippen LogP contribution < -0.4 is 4.90 Å². The molecule has 0 saturated carbocycles. The molecular weight excluding hydrogens is 496 g/mol. The summed E-state index contributed by atoms with van der Waals surface area (Å²) in [5.41, 5.74) is 9.60. The van der Waals surface area contributed by atoms with Crippen LogP contribution in [0, 0.1) is 11.3 Å². The molecule has 7 rings (SSSR count). The highest BCUT2D eigenvalue weighted by Gasteiger charge is 2.19. The zero-order valence-corrected chi connectivity index (χ0v) is 22.9. The fraction of sp³-hybridized carbons (Fsp3) is 0.103. The number of hydrogen-bond acceptors (Lipinski definition) is 2. The smallest absolute Gasteiger partial charge is 0.100 e. The van der Waals surface area contributed by atoms with Crippen LogP contribution in [0.1, 0.15) is 40.7 Å². The Labute approximate surface area is 241 Å². The third-order valence-electron chi connectivity index (χ3n) is 8.24. The van der Waals surface area contributed by atoms with E-state index in [1.54, 1.807) is 0 Å². The topological polar surface area (TPSA) is 27.0 Å². The van der Waals surface area contributed by atoms with E-state index in [0.717, 1.165) is 50.3 Å². The summed E-state index contributed by atoms with van der Waals surface area (Å²) in [6, 6.07) is 45.3. The number of aryl methyl sites for hydroxylation is 1. The van der Waals surface area contributed by atoms with Gasteiger partial charge >= 0.3 is 0 Å². The number of benzene rings is 6. The monoisotopic (exact) mass is 526 g/mol. The van der Waals surface area contributed by atoms with Gasteiger partial charge < -0.3 is 4.90 Å². The third-order valence-corrected chi connectivity index (χ3v) is 8.24. The number of hydrogen-bond donors (Lipinski definition) is 0. The molecule has 0 radical (unpaired) electrons. The van der Waals surface area contributed by atoms with Crippen LogP contribution in [-0.2, 0) is 12.8 Å². The lowest BCUT2D eigenvalue weighted by Crippen LogP contribution is -2.15. The molecule has 0 fully saturated rings. The Morgan fingerprint density at radius 3 is 2.15 bits per heavy atom. The van der Waals surface area contributed by atoms with Crippen molar-refractivity contribution >= 4 is 50.8 Å². The van der Waals surface area contributed by atoms with Crippen LogP contribution >= 0.6 is 0 Å². The van der Waals surface area contributed by atoms with Crippen LogP contribution in [0.4, 0.5) is 17.1 Å². The zero-order chi connectivity index (χ0) is 27.6. The van der Waals surface area contributed by atoms with Gasteiger partial charge in [-0.05, 0) is 101 Å². The van der Waals surface area contributed by atoms with E-state index in [-0.39, 0.29) is 0 Å². The first kappa shape index (κ1) is 24.9. The van der Waals surface area contributed by atoms with Gasteiger partial charge in [0.05, 0.1) is 5.56 Å². The van der Waals surface area contributed by atoms with Gasteiger partial charge in [0.25, 0.3) is 0 Å². The Balaban J connectivity index is 1.21. The summed E-state index contributed by atoms with van der Waals surface area (Å²) in [5.74, 6) is 0. The molecule has 0 spiro atoms. The van der Waals surface area contributed by atoms with Gasteiger partial charge in [-0.3, -0.25) is 0 Å². The van der Waals surface area contributed by atoms with Crippen molar-refractivity contribution in [3.8, 4) is 6.07 Å². The first-order valence-electron chi connectivity index (χ1n) is 14.4. The Kier molecular flexibility index (Phi) is 6.55. The minimum atomic E-state index is 0.742. The summed E-state index contributed by atoms with van der Waals surface area (Å²) in [6.45, 7) is 0. The fourth-order valence-corrected chi connectivity index (χ4v) is 6.22. The van der Waals surface area contributed by atoms with Crippen molar-refractivity contribution in [2.75, 3.05) is 4.90 Å². The lowest BCUT2D eigenvalue weighted by Gasteiger charge is -2.30. The molecule has 0 aromatic heterocycles. The number of anilines is 3. The first-order valence-corrected chi connectivity index (χ1v) is 14.4. The third kappa shape index (κ3) is 4.77. The van der Waals surface area contributed by atoms with E-state index < -0.39 is 0 Å². The van der Waals surface area contributed by atoms with Crippen LogP contribution in [0.25, 0.3) is 33.7 Å². The molecule has 1 aliphatic rings. The summed E-state index contributed by atoms with van der Waals surface area (Å²) < 4.78 is 0. The van der Waals surface area contributed by atoms with Gasteiger partial charge in [0.2, 0.25) is 0 Å². The molecular formula is C39H30N2. The predicted molar refractivity (Wildman–Crippen MR) is 173 cm³/mol. The lowest BCUT2D eigenvalue weighted by molar-refractivity contribution is 0.686. The van der Waals surface area contributed by atoms with Gasteiger partial charge in [-0.1, -0.05) is 91.0 Å². The molecule has 196 valence electrons. The average molecular weight is 527 g/mol. The van der Waals surface area contributed by atoms with Gasteiger partial charge in [-0.25, -0.2) is 0 Å². The normalized spacial score (nSPS) is 12.9. The zero-order valence-electron chi connectivity index (χ0n) is 22.9. The van der Waals surface area contributed by atoms with Crippen molar-refractivity contribution in [1.82, 2.24) is 0 Å². The van der Waals surface area contributed by atoms with Crippen LogP contribution in [-0.4, -0.2) is 0 Å². The minimum absolute atomic E-state index is 0.742. The average Bonchev–Trinajstić information content (AvgIpc) is 3.04. The molecule has 1 aliphatic carbocycles. The maximum absolute atomic E-state index is 9.85. The molecule has 0 saturated heterocycles. The Morgan fingerprint density at radius 1 is 0.585 bits per heavy atom. The highest BCUT2D eigenvalue weighted by Crippen LogP contribution is 2.40. The molecule has 0 N–H and O–H groups in total. The van der Waals surface area contributed by atoms with E-state index in [9.17, 15) is 5.26 Å². The van der Waals surface area contributed by atoms with E-state index in [2.05, 4.69) is 126 Å². The summed E-state index contributed by atoms with van der Waals surface area (Å²) in [5, 5.41) is 14.0. The van der Waals surface area contributed by atoms with E-state index >= 15 is 0 Å². The van der Waals surface area contributed by atoms with Gasteiger partial charge in [-0.15, -0.1) is 0 Å². The quantitative estimate of drug-likeness (QED) is 0.165. The molecule has 6 aromatic carbocycles.